The Balaban J connectivity index is 4.08. The Kier molecular flexibility index (Phi) is 63.5. The summed E-state index contributed by atoms with van der Waals surface area (Å²) in [6.45, 7) is 4.35. The standard InChI is InChI=1S/C76H134NO8P/c1-6-8-10-12-14-16-18-20-22-24-26-28-30-32-33-34-35-36-37-38-39-40-41-42-43-45-47-49-51-53-55-57-59-61-63-65-67-69-76(79)85-74(73-84-86(80,81)83-71-70-77(3,4)5)72-82-75(78)68-66-64-62-60-58-56-54-52-50-48-46-44-31-29-27-25-23-21-19-17-15-13-11-9-7-2/h8,10,14,16,20,22,26,28,32-33,35-36,38-39,41-42,45,47,74H,6-7,9,11-13,15,17-19,21,23-25,27,29-31,34,37,40,43-44,46,48-73H2,1-5H3/p+1/b10-8-,16-14-,22-20-,28-26-,33-32-,36-35-,39-38-,42-41-,47-45-. The van der Waals surface area contributed by atoms with Gasteiger partial charge < -0.3 is 18.9 Å². The number of hydrogen-bond donors (Lipinski definition) is 1. The Morgan fingerprint density at radius 3 is 0.988 bits per heavy atom. The highest BCUT2D eigenvalue weighted by Gasteiger charge is 2.27. The van der Waals surface area contributed by atoms with Gasteiger partial charge in [-0.1, -0.05) is 322 Å². The first-order chi connectivity index (χ1) is 42.0. The Morgan fingerprint density at radius 2 is 0.663 bits per heavy atom. The minimum Gasteiger partial charge on any atom is -0.462 e. The molecule has 0 bridgehead atoms. The molecule has 0 radical (unpaired) electrons. The predicted octanol–water partition coefficient (Wildman–Crippen LogP) is 23.3. The molecule has 0 aliphatic carbocycles. The van der Waals surface area contributed by atoms with E-state index in [0.717, 1.165) is 103 Å². The normalized spacial score (nSPS) is 13.8. The van der Waals surface area contributed by atoms with Crippen molar-refractivity contribution < 1.29 is 42.1 Å². The lowest BCUT2D eigenvalue weighted by Gasteiger charge is -2.24. The van der Waals surface area contributed by atoms with Crippen LogP contribution in [0.25, 0.3) is 0 Å². The first kappa shape index (κ1) is 82.7. The summed E-state index contributed by atoms with van der Waals surface area (Å²) in [5.41, 5.74) is 0. The molecule has 0 aromatic carbocycles. The van der Waals surface area contributed by atoms with E-state index in [2.05, 4.69) is 123 Å². The van der Waals surface area contributed by atoms with Crippen molar-refractivity contribution in [1.29, 1.82) is 0 Å². The van der Waals surface area contributed by atoms with E-state index < -0.39 is 26.5 Å². The van der Waals surface area contributed by atoms with Crippen LogP contribution in [0.1, 0.15) is 309 Å². The number of quaternary nitrogens is 1. The molecule has 0 saturated heterocycles. The van der Waals surface area contributed by atoms with Gasteiger partial charge in [-0.3, -0.25) is 18.6 Å². The Bertz CT molecular complexity index is 1820. The zero-order chi connectivity index (χ0) is 62.6. The molecule has 0 heterocycles. The highest BCUT2D eigenvalue weighted by atomic mass is 31.2. The number of phosphoric ester groups is 1. The van der Waals surface area contributed by atoms with Gasteiger partial charge in [-0.2, -0.15) is 0 Å². The first-order valence-electron chi connectivity index (χ1n) is 35.6. The fourth-order valence-electron chi connectivity index (χ4n) is 9.89. The van der Waals surface area contributed by atoms with Crippen molar-refractivity contribution in [3.05, 3.63) is 109 Å². The third-order valence-corrected chi connectivity index (χ3v) is 16.3. The molecule has 0 amide bonds. The van der Waals surface area contributed by atoms with Crippen LogP contribution in [0.5, 0.6) is 0 Å². The second-order valence-corrected chi connectivity index (χ2v) is 26.4. The highest BCUT2D eigenvalue weighted by Crippen LogP contribution is 2.43. The van der Waals surface area contributed by atoms with Crippen molar-refractivity contribution in [2.24, 2.45) is 0 Å². The minimum absolute atomic E-state index is 0.0275. The van der Waals surface area contributed by atoms with Crippen LogP contribution in [0.2, 0.25) is 0 Å². The molecule has 2 atom stereocenters. The van der Waals surface area contributed by atoms with Gasteiger partial charge in [0.05, 0.1) is 27.7 Å². The summed E-state index contributed by atoms with van der Waals surface area (Å²) in [6, 6.07) is 0. The third-order valence-electron chi connectivity index (χ3n) is 15.3. The molecular formula is C76H135NO8P+. The average molecular weight is 1220 g/mol. The van der Waals surface area contributed by atoms with Crippen LogP contribution >= 0.6 is 7.82 Å². The molecule has 0 aliphatic rings. The molecule has 10 heteroatoms. The summed E-state index contributed by atoms with van der Waals surface area (Å²) in [5.74, 6) is -0.797. The molecule has 496 valence electrons. The van der Waals surface area contributed by atoms with Crippen LogP contribution in [0.15, 0.2) is 109 Å². The largest absolute Gasteiger partial charge is 0.472 e. The van der Waals surface area contributed by atoms with Crippen molar-refractivity contribution in [1.82, 2.24) is 0 Å². The van der Waals surface area contributed by atoms with Gasteiger partial charge in [-0.15, -0.1) is 0 Å². The first-order valence-corrected chi connectivity index (χ1v) is 37.1. The molecule has 1 N–H and O–H groups in total. The smallest absolute Gasteiger partial charge is 0.462 e. The molecule has 2 unspecified atom stereocenters. The summed E-state index contributed by atoms with van der Waals surface area (Å²) >= 11 is 0. The quantitative estimate of drug-likeness (QED) is 0.0211. The van der Waals surface area contributed by atoms with E-state index in [0.29, 0.717) is 17.4 Å². The summed E-state index contributed by atoms with van der Waals surface area (Å²) in [5, 5.41) is 0. The maximum Gasteiger partial charge on any atom is 0.472 e. The van der Waals surface area contributed by atoms with Crippen LogP contribution in [0, 0.1) is 0 Å². The summed E-state index contributed by atoms with van der Waals surface area (Å²) < 4.78 is 34.7. The number of allylic oxidation sites excluding steroid dienone is 18. The molecule has 0 rings (SSSR count). The highest BCUT2D eigenvalue weighted by molar-refractivity contribution is 7.47. The van der Waals surface area contributed by atoms with Crippen LogP contribution in [0.3, 0.4) is 0 Å². The van der Waals surface area contributed by atoms with Crippen LogP contribution in [-0.4, -0.2) is 74.9 Å². The van der Waals surface area contributed by atoms with Gasteiger partial charge in [0.2, 0.25) is 0 Å². The average Bonchev–Trinajstić information content (AvgIpc) is 3.67. The van der Waals surface area contributed by atoms with Crippen LogP contribution in [-0.2, 0) is 32.7 Å². The second-order valence-electron chi connectivity index (χ2n) is 24.9. The number of carbonyl (C=O) groups is 2. The molecule has 0 aromatic rings. The van der Waals surface area contributed by atoms with Gasteiger partial charge in [0.25, 0.3) is 0 Å². The lowest BCUT2D eigenvalue weighted by molar-refractivity contribution is -0.870. The summed E-state index contributed by atoms with van der Waals surface area (Å²) in [6.07, 6.45) is 93.3. The fourth-order valence-corrected chi connectivity index (χ4v) is 10.6. The lowest BCUT2D eigenvalue weighted by atomic mass is 10.0. The molecule has 9 nitrogen and oxygen atoms in total. The summed E-state index contributed by atoms with van der Waals surface area (Å²) in [4.78, 5) is 35.9. The number of phosphoric acid groups is 1. The fraction of sp³-hybridized carbons (Fsp3) is 0.737. The van der Waals surface area contributed by atoms with E-state index in [1.807, 2.05) is 21.1 Å². The zero-order valence-electron chi connectivity index (χ0n) is 56.5. The van der Waals surface area contributed by atoms with Gasteiger partial charge in [0, 0.05) is 12.8 Å². The topological polar surface area (TPSA) is 108 Å². The van der Waals surface area contributed by atoms with Crippen molar-refractivity contribution in [3.8, 4) is 0 Å². The van der Waals surface area contributed by atoms with Crippen molar-refractivity contribution in [3.63, 3.8) is 0 Å². The number of hydrogen-bond acceptors (Lipinski definition) is 7. The molecule has 0 aromatic heterocycles. The molecule has 0 aliphatic heterocycles. The zero-order valence-corrected chi connectivity index (χ0v) is 57.4. The van der Waals surface area contributed by atoms with Crippen molar-refractivity contribution in [2.45, 2.75) is 315 Å². The number of nitrogens with zero attached hydrogens (tertiary/aromatic N) is 1. The molecule has 0 saturated carbocycles. The van der Waals surface area contributed by atoms with Crippen LogP contribution in [0.4, 0.5) is 0 Å². The molecular weight excluding hydrogens is 1090 g/mol. The van der Waals surface area contributed by atoms with E-state index in [1.54, 1.807) is 0 Å². The van der Waals surface area contributed by atoms with E-state index >= 15 is 0 Å². The predicted molar refractivity (Wildman–Crippen MR) is 371 cm³/mol. The number of likely N-dealkylation sites (N-methyl/N-ethyl adjacent to an activating group) is 1. The number of rotatable bonds is 65. The molecule has 86 heavy (non-hydrogen) atoms. The van der Waals surface area contributed by atoms with Crippen LogP contribution < -0.4 is 0 Å². The third kappa shape index (κ3) is 69.8. The number of ether oxygens (including phenoxy) is 2. The maximum absolute atomic E-state index is 12.9. The van der Waals surface area contributed by atoms with E-state index in [4.69, 9.17) is 18.5 Å². The Labute approximate surface area is 531 Å². The maximum atomic E-state index is 12.9. The lowest BCUT2D eigenvalue weighted by Crippen LogP contribution is -2.37. The van der Waals surface area contributed by atoms with Gasteiger partial charge in [-0.05, 0) is 83.5 Å². The molecule has 0 fully saturated rings. The minimum atomic E-state index is -4.40. The number of esters is 2. The van der Waals surface area contributed by atoms with Gasteiger partial charge in [0.15, 0.2) is 6.10 Å². The van der Waals surface area contributed by atoms with Gasteiger partial charge >= 0.3 is 19.8 Å². The number of unbranched alkanes of at least 4 members (excludes halogenated alkanes) is 33. The SMILES string of the molecule is CC/C=C\C/C=C\C/C=C\C/C=C\C/C=C\C/C=C\C/C=C\C/C=C\C/C=C\CCCCCCCCCCCC(=O)OC(COC(=O)CCCCCCCCCCCCCCCCCCCCCCCCCCC)COP(=O)(O)OCC[N+](C)(C)C. The van der Waals surface area contributed by atoms with E-state index in [1.165, 1.54) is 173 Å². The van der Waals surface area contributed by atoms with E-state index in [-0.39, 0.29) is 32.0 Å². The molecule has 0 spiro atoms. The van der Waals surface area contributed by atoms with Gasteiger partial charge in [-0.25, -0.2) is 4.57 Å². The Hall–Kier alpha value is -3.33. The second kappa shape index (κ2) is 66.1. The monoisotopic (exact) mass is 1220 g/mol. The van der Waals surface area contributed by atoms with E-state index in [9.17, 15) is 19.0 Å². The number of carbonyl (C=O) groups excluding carboxylic acids is 2. The van der Waals surface area contributed by atoms with Crippen molar-refractivity contribution >= 4 is 19.8 Å². The van der Waals surface area contributed by atoms with Gasteiger partial charge in [0.1, 0.15) is 19.8 Å². The summed E-state index contributed by atoms with van der Waals surface area (Å²) in [7, 11) is 1.47. The Morgan fingerprint density at radius 1 is 0.372 bits per heavy atom. The van der Waals surface area contributed by atoms with Crippen molar-refractivity contribution in [2.75, 3.05) is 47.5 Å².